The van der Waals surface area contributed by atoms with Crippen LogP contribution in [-0.4, -0.2) is 25.5 Å². The fourth-order valence-electron chi connectivity index (χ4n) is 3.55. The normalized spacial score (nSPS) is 14.4. The Morgan fingerprint density at radius 3 is 2.39 bits per heavy atom. The number of hydrogen-bond donors (Lipinski definition) is 0. The van der Waals surface area contributed by atoms with Crippen molar-refractivity contribution in [1.82, 2.24) is 0 Å². The molecule has 1 aliphatic heterocycles. The standard InChI is InChI=1S/C23H24O5/c1-5-6-9-26-15-8-7-14-10-19(22(24)25-4)18-13-21-20(27-23(2,3)28-21)12-17(18)16(14)11-15/h7-8,10-13H,5-6,9H2,1-4H3. The molecule has 0 saturated carbocycles. The highest BCUT2D eigenvalue weighted by molar-refractivity contribution is 6.17. The van der Waals surface area contributed by atoms with Gasteiger partial charge in [0, 0.05) is 19.2 Å². The number of benzene rings is 3. The smallest absolute Gasteiger partial charge is 0.338 e. The van der Waals surface area contributed by atoms with E-state index in [1.165, 1.54) is 7.11 Å². The summed E-state index contributed by atoms with van der Waals surface area (Å²) in [6, 6.07) is 11.6. The Bertz CT molecular complexity index is 1070. The van der Waals surface area contributed by atoms with Crippen LogP contribution < -0.4 is 14.2 Å². The third-order valence-corrected chi connectivity index (χ3v) is 4.87. The van der Waals surface area contributed by atoms with Gasteiger partial charge in [-0.05, 0) is 52.9 Å². The first-order valence-electron chi connectivity index (χ1n) is 9.55. The molecule has 5 nitrogen and oxygen atoms in total. The van der Waals surface area contributed by atoms with E-state index in [2.05, 4.69) is 6.92 Å². The van der Waals surface area contributed by atoms with E-state index in [-0.39, 0.29) is 5.97 Å². The van der Waals surface area contributed by atoms with E-state index in [9.17, 15) is 4.79 Å². The average Bonchev–Trinajstić information content (AvgIpc) is 2.98. The minimum atomic E-state index is -0.741. The lowest BCUT2D eigenvalue weighted by molar-refractivity contribution is -0.0431. The quantitative estimate of drug-likeness (QED) is 0.334. The van der Waals surface area contributed by atoms with Crippen LogP contribution in [0.1, 0.15) is 44.0 Å². The molecule has 0 saturated heterocycles. The van der Waals surface area contributed by atoms with Gasteiger partial charge in [0.2, 0.25) is 5.79 Å². The first kappa shape index (κ1) is 18.4. The zero-order chi connectivity index (χ0) is 19.9. The van der Waals surface area contributed by atoms with E-state index in [0.29, 0.717) is 23.7 Å². The van der Waals surface area contributed by atoms with E-state index >= 15 is 0 Å². The lowest BCUT2D eigenvalue weighted by Crippen LogP contribution is -2.29. The first-order valence-corrected chi connectivity index (χ1v) is 9.55. The molecule has 3 aromatic carbocycles. The number of methoxy groups -OCH3 is 1. The average molecular weight is 380 g/mol. The zero-order valence-corrected chi connectivity index (χ0v) is 16.6. The van der Waals surface area contributed by atoms with Crippen LogP contribution in [0.2, 0.25) is 0 Å². The minimum absolute atomic E-state index is 0.381. The third-order valence-electron chi connectivity index (χ3n) is 4.87. The number of carbonyl (C=O) groups is 1. The van der Waals surface area contributed by atoms with Crippen LogP contribution in [-0.2, 0) is 4.74 Å². The lowest BCUT2D eigenvalue weighted by atomic mass is 9.96. The van der Waals surface area contributed by atoms with Crippen molar-refractivity contribution in [2.45, 2.75) is 39.4 Å². The largest absolute Gasteiger partial charge is 0.494 e. The molecule has 0 unspecified atom stereocenters. The summed E-state index contributed by atoms with van der Waals surface area (Å²) in [7, 11) is 1.39. The molecular weight excluding hydrogens is 356 g/mol. The predicted molar refractivity (Wildman–Crippen MR) is 109 cm³/mol. The Morgan fingerprint density at radius 1 is 1.00 bits per heavy atom. The van der Waals surface area contributed by atoms with Crippen LogP contribution in [0.5, 0.6) is 17.2 Å². The molecule has 0 N–H and O–H groups in total. The molecule has 146 valence electrons. The molecule has 4 rings (SSSR count). The van der Waals surface area contributed by atoms with E-state index in [4.69, 9.17) is 18.9 Å². The van der Waals surface area contributed by atoms with Crippen molar-refractivity contribution in [1.29, 1.82) is 0 Å². The molecule has 0 radical (unpaired) electrons. The van der Waals surface area contributed by atoms with Crippen molar-refractivity contribution in [2.75, 3.05) is 13.7 Å². The topological polar surface area (TPSA) is 54.0 Å². The van der Waals surface area contributed by atoms with Gasteiger partial charge in [0.15, 0.2) is 11.5 Å². The molecule has 5 heteroatoms. The summed E-state index contributed by atoms with van der Waals surface area (Å²) in [4.78, 5) is 12.4. The van der Waals surface area contributed by atoms with Gasteiger partial charge in [-0.3, -0.25) is 0 Å². The molecule has 0 amide bonds. The number of ether oxygens (including phenoxy) is 4. The number of hydrogen-bond acceptors (Lipinski definition) is 5. The van der Waals surface area contributed by atoms with Crippen molar-refractivity contribution in [3.05, 3.63) is 42.0 Å². The molecule has 0 spiro atoms. The highest BCUT2D eigenvalue weighted by Gasteiger charge is 2.32. The second kappa shape index (κ2) is 6.89. The van der Waals surface area contributed by atoms with Gasteiger partial charge in [0.1, 0.15) is 5.75 Å². The lowest BCUT2D eigenvalue weighted by Gasteiger charge is -2.16. The number of rotatable bonds is 5. The van der Waals surface area contributed by atoms with Crippen molar-refractivity contribution >= 4 is 27.5 Å². The zero-order valence-electron chi connectivity index (χ0n) is 16.6. The Labute approximate surface area is 164 Å². The van der Waals surface area contributed by atoms with E-state index in [1.54, 1.807) is 0 Å². The second-order valence-corrected chi connectivity index (χ2v) is 7.45. The molecular formula is C23H24O5. The molecule has 0 fully saturated rings. The Morgan fingerprint density at radius 2 is 1.71 bits per heavy atom. The van der Waals surface area contributed by atoms with Gasteiger partial charge in [-0.25, -0.2) is 4.79 Å². The summed E-state index contributed by atoms with van der Waals surface area (Å²) in [5.74, 6) is 0.977. The number of fused-ring (bicyclic) bond motifs is 4. The summed E-state index contributed by atoms with van der Waals surface area (Å²) in [5, 5.41) is 3.60. The summed E-state index contributed by atoms with van der Waals surface area (Å²) in [6.45, 7) is 6.53. The Balaban J connectivity index is 1.94. The summed E-state index contributed by atoms with van der Waals surface area (Å²) in [5.41, 5.74) is 0.501. The van der Waals surface area contributed by atoms with Gasteiger partial charge < -0.3 is 18.9 Å². The van der Waals surface area contributed by atoms with Crippen molar-refractivity contribution in [2.24, 2.45) is 0 Å². The maximum Gasteiger partial charge on any atom is 0.338 e. The van der Waals surface area contributed by atoms with Gasteiger partial charge in [-0.1, -0.05) is 19.4 Å². The van der Waals surface area contributed by atoms with Crippen molar-refractivity contribution in [3.63, 3.8) is 0 Å². The molecule has 0 aromatic heterocycles. The van der Waals surface area contributed by atoms with Gasteiger partial charge in [-0.2, -0.15) is 0 Å². The van der Waals surface area contributed by atoms with Crippen LogP contribution in [0.3, 0.4) is 0 Å². The highest BCUT2D eigenvalue weighted by atomic mass is 16.7. The van der Waals surface area contributed by atoms with Crippen LogP contribution in [0.4, 0.5) is 0 Å². The fourth-order valence-corrected chi connectivity index (χ4v) is 3.55. The van der Waals surface area contributed by atoms with Crippen LogP contribution in [0.25, 0.3) is 21.5 Å². The van der Waals surface area contributed by atoms with E-state index in [1.807, 2.05) is 50.2 Å². The van der Waals surface area contributed by atoms with Gasteiger partial charge in [0.05, 0.1) is 19.3 Å². The molecule has 3 aromatic rings. The Kier molecular flexibility index (Phi) is 4.53. The minimum Gasteiger partial charge on any atom is -0.494 e. The summed E-state index contributed by atoms with van der Waals surface area (Å²) in [6.07, 6.45) is 2.09. The third kappa shape index (κ3) is 3.21. The number of carbonyl (C=O) groups excluding carboxylic acids is 1. The SMILES string of the molecule is CCCCOc1ccc2cc(C(=O)OC)c3cc4c(cc3c2c1)OC(C)(C)O4. The molecule has 28 heavy (non-hydrogen) atoms. The molecule has 1 heterocycles. The van der Waals surface area contributed by atoms with Crippen LogP contribution >= 0.6 is 0 Å². The number of esters is 1. The van der Waals surface area contributed by atoms with Gasteiger partial charge in [0.25, 0.3) is 0 Å². The fraction of sp³-hybridized carbons (Fsp3) is 0.348. The maximum atomic E-state index is 12.4. The van der Waals surface area contributed by atoms with Crippen molar-refractivity contribution < 1.29 is 23.7 Å². The number of unbranched alkanes of at least 4 members (excludes halogenated alkanes) is 1. The van der Waals surface area contributed by atoms with Crippen LogP contribution in [0.15, 0.2) is 36.4 Å². The van der Waals surface area contributed by atoms with E-state index < -0.39 is 5.79 Å². The Hall–Kier alpha value is -2.95. The maximum absolute atomic E-state index is 12.4. The molecule has 1 aliphatic rings. The molecule has 0 atom stereocenters. The van der Waals surface area contributed by atoms with Gasteiger partial charge >= 0.3 is 5.97 Å². The summed E-state index contributed by atoms with van der Waals surface area (Å²) < 4.78 is 22.7. The van der Waals surface area contributed by atoms with Crippen LogP contribution in [0, 0.1) is 0 Å². The summed E-state index contributed by atoms with van der Waals surface area (Å²) >= 11 is 0. The second-order valence-electron chi connectivity index (χ2n) is 7.45. The monoisotopic (exact) mass is 380 g/mol. The van der Waals surface area contributed by atoms with Crippen molar-refractivity contribution in [3.8, 4) is 17.2 Å². The predicted octanol–water partition coefficient (Wildman–Crippen LogP) is 5.47. The van der Waals surface area contributed by atoms with E-state index in [0.717, 1.165) is 40.1 Å². The first-order chi connectivity index (χ1) is 13.4. The molecule has 0 aliphatic carbocycles. The molecule has 0 bridgehead atoms. The highest BCUT2D eigenvalue weighted by Crippen LogP contribution is 2.44. The van der Waals surface area contributed by atoms with Gasteiger partial charge in [-0.15, -0.1) is 0 Å².